The number of hydrogen-bond acceptors (Lipinski definition) is 4. The molecule has 0 radical (unpaired) electrons. The van der Waals surface area contributed by atoms with Gasteiger partial charge in [-0.1, -0.05) is 11.6 Å². The van der Waals surface area contributed by atoms with E-state index >= 15 is 0 Å². The number of carbonyl (C=O) groups is 2. The van der Waals surface area contributed by atoms with E-state index in [0.29, 0.717) is 10.8 Å². The van der Waals surface area contributed by atoms with Gasteiger partial charge in [0.1, 0.15) is 23.5 Å². The molecular weight excluding hydrogens is 322 g/mol. The lowest BCUT2D eigenvalue weighted by molar-refractivity contribution is -0.142. The van der Waals surface area contributed by atoms with Crippen LogP contribution in [0.25, 0.3) is 0 Å². The van der Waals surface area contributed by atoms with Gasteiger partial charge in [-0.2, -0.15) is 0 Å². The van der Waals surface area contributed by atoms with Crippen LogP contribution in [0.4, 0.5) is 4.79 Å². The van der Waals surface area contributed by atoms with E-state index in [1.165, 1.54) is 4.90 Å². The number of benzene rings is 1. The highest BCUT2D eigenvalue weighted by atomic mass is 35.5. The Bertz CT molecular complexity index is 581. The van der Waals surface area contributed by atoms with Gasteiger partial charge in [-0.15, -0.1) is 0 Å². The summed E-state index contributed by atoms with van der Waals surface area (Å²) in [6.07, 6.45) is -0.853. The quantitative estimate of drug-likeness (QED) is 0.913. The van der Waals surface area contributed by atoms with Crippen LogP contribution in [-0.2, 0) is 9.53 Å². The first-order valence-corrected chi connectivity index (χ1v) is 7.68. The van der Waals surface area contributed by atoms with Crippen molar-refractivity contribution in [2.75, 3.05) is 6.54 Å². The van der Waals surface area contributed by atoms with Crippen molar-refractivity contribution in [3.63, 3.8) is 0 Å². The Morgan fingerprint density at radius 1 is 1.26 bits per heavy atom. The van der Waals surface area contributed by atoms with Gasteiger partial charge in [0.2, 0.25) is 0 Å². The van der Waals surface area contributed by atoms with Gasteiger partial charge in [0.25, 0.3) is 0 Å². The van der Waals surface area contributed by atoms with Crippen LogP contribution in [0.5, 0.6) is 5.75 Å². The highest BCUT2D eigenvalue weighted by Gasteiger charge is 2.42. The molecule has 1 amide bonds. The van der Waals surface area contributed by atoms with Crippen molar-refractivity contribution in [1.29, 1.82) is 0 Å². The predicted octanol–water partition coefficient (Wildman–Crippen LogP) is 3.18. The van der Waals surface area contributed by atoms with Crippen LogP contribution in [-0.4, -0.2) is 46.4 Å². The summed E-state index contributed by atoms with van der Waals surface area (Å²) in [6.45, 7) is 5.36. The lowest BCUT2D eigenvalue weighted by Crippen LogP contribution is -2.43. The zero-order chi connectivity index (χ0) is 17.2. The molecule has 2 atom stereocenters. The molecule has 6 nitrogen and oxygen atoms in total. The summed E-state index contributed by atoms with van der Waals surface area (Å²) in [5.74, 6) is -0.493. The van der Waals surface area contributed by atoms with E-state index in [2.05, 4.69) is 0 Å². The third-order valence-corrected chi connectivity index (χ3v) is 3.54. The largest absolute Gasteiger partial charge is 0.488 e. The molecule has 1 heterocycles. The fourth-order valence-electron chi connectivity index (χ4n) is 2.34. The summed E-state index contributed by atoms with van der Waals surface area (Å²) in [6, 6.07) is 5.82. The molecule has 0 aliphatic carbocycles. The minimum Gasteiger partial charge on any atom is -0.488 e. The van der Waals surface area contributed by atoms with E-state index in [0.717, 1.165) is 0 Å². The lowest BCUT2D eigenvalue weighted by Gasteiger charge is -2.26. The van der Waals surface area contributed by atoms with Crippen LogP contribution in [0.2, 0.25) is 5.02 Å². The molecule has 0 bridgehead atoms. The first kappa shape index (κ1) is 17.4. The summed E-state index contributed by atoms with van der Waals surface area (Å²) in [4.78, 5) is 24.8. The number of halogens is 1. The maximum absolute atomic E-state index is 12.2. The Balaban J connectivity index is 2.06. The van der Waals surface area contributed by atoms with E-state index in [1.54, 1.807) is 45.0 Å². The van der Waals surface area contributed by atoms with Gasteiger partial charge < -0.3 is 14.6 Å². The van der Waals surface area contributed by atoms with Crippen molar-refractivity contribution < 1.29 is 24.2 Å². The number of ether oxygens (including phenoxy) is 2. The predicted molar refractivity (Wildman–Crippen MR) is 84.8 cm³/mol. The van der Waals surface area contributed by atoms with Gasteiger partial charge in [0, 0.05) is 11.4 Å². The molecule has 1 aliphatic heterocycles. The lowest BCUT2D eigenvalue weighted by atomic mass is 10.2. The number of carboxylic acids is 1. The van der Waals surface area contributed by atoms with E-state index in [-0.39, 0.29) is 13.0 Å². The summed E-state index contributed by atoms with van der Waals surface area (Å²) in [7, 11) is 0. The number of amides is 1. The van der Waals surface area contributed by atoms with Crippen LogP contribution in [0, 0.1) is 0 Å². The highest BCUT2D eigenvalue weighted by Crippen LogP contribution is 2.26. The van der Waals surface area contributed by atoms with Gasteiger partial charge in [0.05, 0.1) is 6.54 Å². The van der Waals surface area contributed by atoms with E-state index < -0.39 is 29.8 Å². The molecule has 1 N–H and O–H groups in total. The number of aliphatic carboxylic acids is 1. The maximum atomic E-state index is 12.2. The number of rotatable bonds is 3. The summed E-state index contributed by atoms with van der Waals surface area (Å²) < 4.78 is 11.0. The van der Waals surface area contributed by atoms with Crippen LogP contribution < -0.4 is 4.74 Å². The van der Waals surface area contributed by atoms with Crippen molar-refractivity contribution >= 4 is 23.7 Å². The van der Waals surface area contributed by atoms with E-state index in [4.69, 9.17) is 21.1 Å². The fraction of sp³-hybridized carbons (Fsp3) is 0.500. The molecule has 1 aliphatic rings. The molecule has 1 aromatic carbocycles. The first-order valence-electron chi connectivity index (χ1n) is 7.30. The third kappa shape index (κ3) is 4.76. The molecule has 1 saturated heterocycles. The monoisotopic (exact) mass is 341 g/mol. The zero-order valence-corrected chi connectivity index (χ0v) is 14.0. The average Bonchev–Trinajstić information content (AvgIpc) is 2.84. The standard InChI is InChI=1S/C16H20ClNO5/c1-16(2,3)23-15(21)18-9-12(8-13(18)14(19)20)22-11-6-4-10(17)5-7-11/h4-7,12-13H,8-9H2,1-3H3,(H,19,20). The van der Waals surface area contributed by atoms with Crippen molar-refractivity contribution in [3.8, 4) is 5.75 Å². The molecule has 0 aromatic heterocycles. The maximum Gasteiger partial charge on any atom is 0.411 e. The fourth-order valence-corrected chi connectivity index (χ4v) is 2.47. The number of hydrogen-bond donors (Lipinski definition) is 1. The van der Waals surface area contributed by atoms with Gasteiger partial charge in [-0.25, -0.2) is 9.59 Å². The molecule has 7 heteroatoms. The number of carbonyl (C=O) groups excluding carboxylic acids is 1. The number of carboxylic acid groups (broad SMARTS) is 1. The normalized spacial score (nSPS) is 21.1. The van der Waals surface area contributed by atoms with Gasteiger partial charge >= 0.3 is 12.1 Å². The molecular formula is C16H20ClNO5. The summed E-state index contributed by atoms with van der Waals surface area (Å²) >= 11 is 5.82. The molecule has 0 spiro atoms. The minimum absolute atomic E-state index is 0.161. The second-order valence-electron chi connectivity index (χ2n) is 6.42. The second kappa shape index (κ2) is 6.66. The van der Waals surface area contributed by atoms with E-state index in [1.807, 2.05) is 0 Å². The Morgan fingerprint density at radius 2 is 1.87 bits per heavy atom. The smallest absolute Gasteiger partial charge is 0.411 e. The minimum atomic E-state index is -1.07. The van der Waals surface area contributed by atoms with Crippen LogP contribution in [0.1, 0.15) is 27.2 Å². The topological polar surface area (TPSA) is 76.1 Å². The van der Waals surface area contributed by atoms with E-state index in [9.17, 15) is 14.7 Å². The third-order valence-electron chi connectivity index (χ3n) is 3.29. The Hall–Kier alpha value is -1.95. The Labute approximate surface area is 139 Å². The van der Waals surface area contributed by atoms with Crippen molar-refractivity contribution in [2.24, 2.45) is 0 Å². The molecule has 2 unspecified atom stereocenters. The number of nitrogens with zero attached hydrogens (tertiary/aromatic N) is 1. The van der Waals surface area contributed by atoms with Crippen molar-refractivity contribution in [3.05, 3.63) is 29.3 Å². The molecule has 0 saturated carbocycles. The van der Waals surface area contributed by atoms with Gasteiger partial charge in [0.15, 0.2) is 0 Å². The molecule has 2 rings (SSSR count). The first-order chi connectivity index (χ1) is 10.7. The number of likely N-dealkylation sites (tertiary alicyclic amines) is 1. The van der Waals surface area contributed by atoms with Crippen LogP contribution >= 0.6 is 11.6 Å². The SMILES string of the molecule is CC(C)(C)OC(=O)N1CC(Oc2ccc(Cl)cc2)CC1C(=O)O. The molecule has 126 valence electrons. The molecule has 1 aromatic rings. The molecule has 23 heavy (non-hydrogen) atoms. The second-order valence-corrected chi connectivity index (χ2v) is 6.85. The van der Waals surface area contributed by atoms with Gasteiger partial charge in [-0.05, 0) is 45.0 Å². The Kier molecular flexibility index (Phi) is 5.04. The summed E-state index contributed by atoms with van der Waals surface area (Å²) in [5.41, 5.74) is -0.685. The van der Waals surface area contributed by atoms with Crippen LogP contribution in [0.3, 0.4) is 0 Å². The highest BCUT2D eigenvalue weighted by molar-refractivity contribution is 6.30. The van der Waals surface area contributed by atoms with Gasteiger partial charge in [-0.3, -0.25) is 4.90 Å². The average molecular weight is 342 g/mol. The van der Waals surface area contributed by atoms with Crippen molar-refractivity contribution in [2.45, 2.75) is 44.9 Å². The summed E-state index contributed by atoms with van der Waals surface area (Å²) in [5, 5.41) is 9.91. The van der Waals surface area contributed by atoms with Crippen LogP contribution in [0.15, 0.2) is 24.3 Å². The zero-order valence-electron chi connectivity index (χ0n) is 13.3. The molecule has 1 fully saturated rings. The Morgan fingerprint density at radius 3 is 2.39 bits per heavy atom. The van der Waals surface area contributed by atoms with Crippen molar-refractivity contribution in [1.82, 2.24) is 4.90 Å².